The van der Waals surface area contributed by atoms with E-state index in [0.29, 0.717) is 22.4 Å². The van der Waals surface area contributed by atoms with Crippen LogP contribution in [0.15, 0.2) is 59.7 Å². The fourth-order valence-corrected chi connectivity index (χ4v) is 2.83. The van der Waals surface area contributed by atoms with E-state index in [1.165, 1.54) is 6.20 Å². The highest BCUT2D eigenvalue weighted by Gasteiger charge is 2.19. The average Bonchev–Trinajstić information content (AvgIpc) is 3.06. The molecule has 0 bridgehead atoms. The van der Waals surface area contributed by atoms with Crippen LogP contribution in [0.5, 0.6) is 0 Å². The molecule has 0 aliphatic heterocycles. The van der Waals surface area contributed by atoms with Crippen LogP contribution in [0.25, 0.3) is 16.6 Å². The van der Waals surface area contributed by atoms with Gasteiger partial charge in [-0.3, -0.25) is 14.0 Å². The van der Waals surface area contributed by atoms with E-state index < -0.39 is 11.9 Å². The third kappa shape index (κ3) is 2.55. The smallest absolute Gasteiger partial charge is 0.257 e. The Bertz CT molecular complexity index is 1140. The number of H-pyrrole nitrogens is 1. The van der Waals surface area contributed by atoms with Gasteiger partial charge in [-0.25, -0.2) is 0 Å². The minimum atomic E-state index is -0.452. The minimum Gasteiger partial charge on any atom is -0.360 e. The summed E-state index contributed by atoms with van der Waals surface area (Å²) < 4.78 is 1.80. The van der Waals surface area contributed by atoms with Gasteiger partial charge < -0.3 is 10.3 Å². The van der Waals surface area contributed by atoms with Crippen LogP contribution in [0, 0.1) is 0 Å². The lowest BCUT2D eigenvalue weighted by molar-refractivity contribution is 0.0937. The number of amides is 1. The largest absolute Gasteiger partial charge is 0.360 e. The predicted octanol–water partition coefficient (Wildman–Crippen LogP) is 2.06. The molecule has 1 atom stereocenters. The molecule has 2 N–H and O–H groups in total. The lowest BCUT2D eigenvalue weighted by atomic mass is 10.1. The highest BCUT2D eigenvalue weighted by molar-refractivity contribution is 5.97. The molecule has 0 saturated heterocycles. The van der Waals surface area contributed by atoms with E-state index in [2.05, 4.69) is 20.5 Å². The molecule has 7 heteroatoms. The van der Waals surface area contributed by atoms with Crippen molar-refractivity contribution in [3.8, 4) is 0 Å². The first-order valence-corrected chi connectivity index (χ1v) is 7.86. The maximum atomic E-state index is 12.6. The molecule has 0 spiro atoms. The zero-order chi connectivity index (χ0) is 17.4. The summed E-state index contributed by atoms with van der Waals surface area (Å²) in [5, 5.41) is 11.5. The molecule has 0 unspecified atom stereocenters. The quantitative estimate of drug-likeness (QED) is 0.600. The molecule has 4 aromatic rings. The number of hydrogen-bond acceptors (Lipinski definition) is 4. The Morgan fingerprint density at radius 3 is 2.84 bits per heavy atom. The molecule has 0 aliphatic rings. The van der Waals surface area contributed by atoms with Crippen molar-refractivity contribution in [2.75, 3.05) is 0 Å². The number of carbonyl (C=O) groups is 1. The number of fused-ring (bicyclic) bond motifs is 2. The standard InChI is InChI=1S/C18H15N5O2/c1-11(17-22-21-15-8-4-5-9-23(15)17)20-18(25)13-10-19-14-7-3-2-6-12(14)16(13)24/h2-11H,1H3,(H,19,24)(H,20,25)/t11-/m0/s1. The second-order valence-electron chi connectivity index (χ2n) is 5.76. The molecular weight excluding hydrogens is 318 g/mol. The molecule has 0 radical (unpaired) electrons. The third-order valence-corrected chi connectivity index (χ3v) is 4.11. The number of nitrogens with one attached hydrogen (secondary N) is 2. The van der Waals surface area contributed by atoms with Gasteiger partial charge in [0.05, 0.1) is 6.04 Å². The van der Waals surface area contributed by atoms with Crippen LogP contribution in [0.2, 0.25) is 0 Å². The van der Waals surface area contributed by atoms with Gasteiger partial charge in [-0.15, -0.1) is 10.2 Å². The summed E-state index contributed by atoms with van der Waals surface area (Å²) >= 11 is 0. The molecule has 0 saturated carbocycles. The second kappa shape index (κ2) is 5.86. The SMILES string of the molecule is C[C@H](NC(=O)c1c[nH]c2ccccc2c1=O)c1nnc2ccccn12. The van der Waals surface area contributed by atoms with Crippen LogP contribution in [-0.4, -0.2) is 25.5 Å². The topological polar surface area (TPSA) is 92.1 Å². The van der Waals surface area contributed by atoms with Crippen molar-refractivity contribution >= 4 is 22.5 Å². The molecule has 124 valence electrons. The minimum absolute atomic E-state index is 0.0689. The number of aromatic amines is 1. The number of carbonyl (C=O) groups excluding carboxylic acids is 1. The normalized spacial score (nSPS) is 12.4. The average molecular weight is 333 g/mol. The molecule has 1 amide bonds. The Hall–Kier alpha value is -3.48. The van der Waals surface area contributed by atoms with Crippen molar-refractivity contribution in [2.45, 2.75) is 13.0 Å². The molecule has 4 rings (SSSR count). The van der Waals surface area contributed by atoms with E-state index in [1.807, 2.05) is 30.5 Å². The summed E-state index contributed by atoms with van der Waals surface area (Å²) in [5.74, 6) is 0.147. The van der Waals surface area contributed by atoms with E-state index in [4.69, 9.17) is 0 Å². The Morgan fingerprint density at radius 1 is 1.16 bits per heavy atom. The Morgan fingerprint density at radius 2 is 1.96 bits per heavy atom. The van der Waals surface area contributed by atoms with Crippen LogP contribution < -0.4 is 10.7 Å². The molecule has 0 fully saturated rings. The van der Waals surface area contributed by atoms with Crippen LogP contribution in [0.1, 0.15) is 29.1 Å². The van der Waals surface area contributed by atoms with E-state index in [9.17, 15) is 9.59 Å². The van der Waals surface area contributed by atoms with E-state index >= 15 is 0 Å². The third-order valence-electron chi connectivity index (χ3n) is 4.11. The summed E-state index contributed by atoms with van der Waals surface area (Å²) in [6, 6.07) is 12.2. The van der Waals surface area contributed by atoms with Crippen LogP contribution in [0.4, 0.5) is 0 Å². The fourth-order valence-electron chi connectivity index (χ4n) is 2.83. The van der Waals surface area contributed by atoms with Crippen molar-refractivity contribution < 1.29 is 4.79 Å². The zero-order valence-electron chi connectivity index (χ0n) is 13.4. The summed E-state index contributed by atoms with van der Waals surface area (Å²) in [6.07, 6.45) is 3.27. The second-order valence-corrected chi connectivity index (χ2v) is 5.76. The Labute approximate surface area is 142 Å². The number of para-hydroxylation sites is 1. The monoisotopic (exact) mass is 333 g/mol. The summed E-state index contributed by atoms with van der Waals surface area (Å²) in [7, 11) is 0. The number of rotatable bonds is 3. The highest BCUT2D eigenvalue weighted by atomic mass is 16.2. The summed E-state index contributed by atoms with van der Waals surface area (Å²) in [5.41, 5.74) is 1.16. The maximum Gasteiger partial charge on any atom is 0.257 e. The predicted molar refractivity (Wildman–Crippen MR) is 93.4 cm³/mol. The van der Waals surface area contributed by atoms with Gasteiger partial charge in [0.15, 0.2) is 11.5 Å². The van der Waals surface area contributed by atoms with Gasteiger partial charge in [-0.2, -0.15) is 0 Å². The molecule has 1 aromatic carbocycles. The Kier molecular flexibility index (Phi) is 3.53. The number of benzene rings is 1. The molecule has 3 heterocycles. The van der Waals surface area contributed by atoms with Gasteiger partial charge in [0.25, 0.3) is 5.91 Å². The van der Waals surface area contributed by atoms with Crippen molar-refractivity contribution in [1.29, 1.82) is 0 Å². The maximum absolute atomic E-state index is 12.6. The zero-order valence-corrected chi connectivity index (χ0v) is 13.4. The molecule has 25 heavy (non-hydrogen) atoms. The van der Waals surface area contributed by atoms with Crippen molar-refractivity contribution in [3.63, 3.8) is 0 Å². The van der Waals surface area contributed by atoms with Crippen LogP contribution in [0.3, 0.4) is 0 Å². The van der Waals surface area contributed by atoms with Gasteiger partial charge in [-0.1, -0.05) is 18.2 Å². The van der Waals surface area contributed by atoms with Crippen LogP contribution >= 0.6 is 0 Å². The molecule has 0 aliphatic carbocycles. The van der Waals surface area contributed by atoms with Crippen molar-refractivity contribution in [2.24, 2.45) is 0 Å². The van der Waals surface area contributed by atoms with Crippen molar-refractivity contribution in [1.82, 2.24) is 24.9 Å². The van der Waals surface area contributed by atoms with Crippen LogP contribution in [-0.2, 0) is 0 Å². The fraction of sp³-hybridized carbons (Fsp3) is 0.111. The molecular formula is C18H15N5O2. The summed E-state index contributed by atoms with van der Waals surface area (Å²) in [6.45, 7) is 1.80. The van der Waals surface area contributed by atoms with Gasteiger partial charge in [-0.05, 0) is 31.2 Å². The van der Waals surface area contributed by atoms with Gasteiger partial charge in [0.1, 0.15) is 5.56 Å². The van der Waals surface area contributed by atoms with Crippen molar-refractivity contribution in [3.05, 3.63) is 76.5 Å². The van der Waals surface area contributed by atoms with E-state index in [0.717, 1.165) is 0 Å². The van der Waals surface area contributed by atoms with Gasteiger partial charge >= 0.3 is 0 Å². The van der Waals surface area contributed by atoms with Gasteiger partial charge in [0.2, 0.25) is 5.43 Å². The van der Waals surface area contributed by atoms with E-state index in [1.54, 1.807) is 29.5 Å². The number of hydrogen-bond donors (Lipinski definition) is 2. The first-order chi connectivity index (χ1) is 12.1. The highest BCUT2D eigenvalue weighted by Crippen LogP contribution is 2.13. The first kappa shape index (κ1) is 15.1. The van der Waals surface area contributed by atoms with Gasteiger partial charge in [0, 0.05) is 23.3 Å². The molecule has 3 aromatic heterocycles. The molecule has 7 nitrogen and oxygen atoms in total. The Balaban J connectivity index is 1.66. The first-order valence-electron chi connectivity index (χ1n) is 7.86. The number of aromatic nitrogens is 4. The summed E-state index contributed by atoms with van der Waals surface area (Å²) in [4.78, 5) is 28.1. The number of pyridine rings is 2. The number of nitrogens with zero attached hydrogens (tertiary/aromatic N) is 3. The lowest BCUT2D eigenvalue weighted by Gasteiger charge is -2.12. The van der Waals surface area contributed by atoms with E-state index in [-0.39, 0.29) is 11.0 Å². The lowest BCUT2D eigenvalue weighted by Crippen LogP contribution is -2.32.